The number of rotatable bonds is 16. The molecule has 200 valence electrons. The SMILES string of the molecule is CC(C)C[C@H](NC(=O)[C@@H](N)C(C)C)C(=O)N[C@@H](CO)C(=O)N[C@@H](CCC(=O)O)C(=O)NCC(=O)O. The summed E-state index contributed by atoms with van der Waals surface area (Å²) in [5.74, 6) is -6.10. The highest BCUT2D eigenvalue weighted by atomic mass is 16.4. The van der Waals surface area contributed by atoms with Crippen LogP contribution in [0, 0.1) is 11.8 Å². The van der Waals surface area contributed by atoms with Crippen LogP contribution in [0.15, 0.2) is 0 Å². The highest BCUT2D eigenvalue weighted by molar-refractivity contribution is 5.95. The summed E-state index contributed by atoms with van der Waals surface area (Å²) in [6.45, 7) is 5.48. The van der Waals surface area contributed by atoms with E-state index in [0.717, 1.165) is 0 Å². The standard InChI is InChI=1S/C21H37N5O9/c1-10(2)7-13(25-21(35)17(22)11(3)4)19(33)26-14(9-27)20(34)24-12(5-6-15(28)29)18(32)23-8-16(30)31/h10-14,17,27H,5-9,22H2,1-4H3,(H,23,32)(H,24,34)(H,25,35)(H,26,33)(H,28,29)(H,30,31)/t12-,13-,14-,17-/m0/s1. The maximum Gasteiger partial charge on any atom is 0.322 e. The molecule has 14 nitrogen and oxygen atoms in total. The monoisotopic (exact) mass is 503 g/mol. The van der Waals surface area contributed by atoms with Crippen LogP contribution in [0.1, 0.15) is 47.0 Å². The summed E-state index contributed by atoms with van der Waals surface area (Å²) in [6.07, 6.45) is -0.668. The zero-order valence-corrected chi connectivity index (χ0v) is 20.4. The Hall–Kier alpha value is -3.26. The molecule has 0 saturated carbocycles. The highest BCUT2D eigenvalue weighted by Crippen LogP contribution is 2.08. The van der Waals surface area contributed by atoms with E-state index >= 15 is 0 Å². The molecule has 0 saturated heterocycles. The Morgan fingerprint density at radius 1 is 0.743 bits per heavy atom. The summed E-state index contributed by atoms with van der Waals surface area (Å²) in [5, 5.41) is 36.3. The third-order valence-corrected chi connectivity index (χ3v) is 4.87. The Bertz CT molecular complexity index is 772. The molecule has 0 aromatic carbocycles. The van der Waals surface area contributed by atoms with E-state index in [1.807, 2.05) is 19.2 Å². The van der Waals surface area contributed by atoms with Crippen molar-refractivity contribution in [2.75, 3.05) is 13.2 Å². The second-order valence-electron chi connectivity index (χ2n) is 8.81. The molecule has 0 spiro atoms. The third-order valence-electron chi connectivity index (χ3n) is 4.87. The van der Waals surface area contributed by atoms with Crippen LogP contribution in [0.25, 0.3) is 0 Å². The summed E-state index contributed by atoms with van der Waals surface area (Å²) < 4.78 is 0. The fraction of sp³-hybridized carbons (Fsp3) is 0.714. The molecule has 0 heterocycles. The maximum absolute atomic E-state index is 12.8. The molecule has 0 fully saturated rings. The second-order valence-corrected chi connectivity index (χ2v) is 8.81. The van der Waals surface area contributed by atoms with Gasteiger partial charge in [0.15, 0.2) is 0 Å². The number of carboxylic acids is 2. The molecule has 4 amide bonds. The quantitative estimate of drug-likeness (QED) is 0.110. The zero-order valence-electron chi connectivity index (χ0n) is 20.4. The lowest BCUT2D eigenvalue weighted by molar-refractivity contribution is -0.140. The topological polar surface area (TPSA) is 237 Å². The van der Waals surface area contributed by atoms with Gasteiger partial charge in [-0.2, -0.15) is 0 Å². The van der Waals surface area contributed by atoms with Gasteiger partial charge in [-0.3, -0.25) is 28.8 Å². The van der Waals surface area contributed by atoms with Gasteiger partial charge in [-0.25, -0.2) is 0 Å². The van der Waals surface area contributed by atoms with Crippen molar-refractivity contribution in [2.24, 2.45) is 17.6 Å². The smallest absolute Gasteiger partial charge is 0.322 e. The fourth-order valence-electron chi connectivity index (χ4n) is 2.83. The van der Waals surface area contributed by atoms with Crippen molar-refractivity contribution < 1.29 is 44.1 Å². The Morgan fingerprint density at radius 2 is 1.26 bits per heavy atom. The summed E-state index contributed by atoms with van der Waals surface area (Å²) in [7, 11) is 0. The van der Waals surface area contributed by atoms with Gasteiger partial charge in [-0.1, -0.05) is 27.7 Å². The Labute approximate surface area is 203 Å². The summed E-state index contributed by atoms with van der Waals surface area (Å²) in [4.78, 5) is 71.6. The minimum Gasteiger partial charge on any atom is -0.481 e. The molecule has 0 aliphatic heterocycles. The lowest BCUT2D eigenvalue weighted by Crippen LogP contribution is -2.59. The molecule has 0 rings (SSSR count). The number of carboxylic acid groups (broad SMARTS) is 2. The van der Waals surface area contributed by atoms with Crippen LogP contribution in [0.5, 0.6) is 0 Å². The molecular weight excluding hydrogens is 466 g/mol. The Kier molecular flexibility index (Phi) is 14.2. The number of aliphatic carboxylic acids is 2. The summed E-state index contributed by atoms with van der Waals surface area (Å²) in [5.41, 5.74) is 5.83. The molecule has 0 aliphatic rings. The van der Waals surface area contributed by atoms with Crippen molar-refractivity contribution in [2.45, 2.75) is 71.1 Å². The van der Waals surface area contributed by atoms with Crippen molar-refractivity contribution in [3.8, 4) is 0 Å². The van der Waals surface area contributed by atoms with Crippen molar-refractivity contribution in [1.29, 1.82) is 0 Å². The molecule has 35 heavy (non-hydrogen) atoms. The van der Waals surface area contributed by atoms with E-state index in [1.165, 1.54) is 0 Å². The van der Waals surface area contributed by atoms with Gasteiger partial charge >= 0.3 is 11.9 Å². The van der Waals surface area contributed by atoms with E-state index in [2.05, 4.69) is 16.0 Å². The van der Waals surface area contributed by atoms with E-state index in [0.29, 0.717) is 0 Å². The van der Waals surface area contributed by atoms with Crippen LogP contribution in [-0.4, -0.2) is 88.2 Å². The average molecular weight is 504 g/mol. The lowest BCUT2D eigenvalue weighted by Gasteiger charge is -2.26. The van der Waals surface area contributed by atoms with Crippen LogP contribution < -0.4 is 27.0 Å². The molecule has 0 aromatic rings. The largest absolute Gasteiger partial charge is 0.481 e. The minimum absolute atomic E-state index is 0.0268. The van der Waals surface area contributed by atoms with Crippen molar-refractivity contribution in [3.05, 3.63) is 0 Å². The second kappa shape index (κ2) is 15.6. The fourth-order valence-corrected chi connectivity index (χ4v) is 2.83. The molecule has 0 bridgehead atoms. The van der Waals surface area contributed by atoms with Gasteiger partial charge in [0.1, 0.15) is 24.7 Å². The van der Waals surface area contributed by atoms with E-state index in [-0.39, 0.29) is 24.7 Å². The van der Waals surface area contributed by atoms with Crippen molar-refractivity contribution >= 4 is 35.6 Å². The van der Waals surface area contributed by atoms with E-state index in [1.54, 1.807) is 13.8 Å². The number of nitrogens with two attached hydrogens (primary N) is 1. The highest BCUT2D eigenvalue weighted by Gasteiger charge is 2.31. The first-order chi connectivity index (χ1) is 16.2. The van der Waals surface area contributed by atoms with Gasteiger partial charge < -0.3 is 42.3 Å². The lowest BCUT2D eigenvalue weighted by atomic mass is 10.00. The van der Waals surface area contributed by atoms with Gasteiger partial charge in [-0.15, -0.1) is 0 Å². The first-order valence-corrected chi connectivity index (χ1v) is 11.2. The number of carbonyl (C=O) groups is 6. The first kappa shape index (κ1) is 31.7. The molecule has 0 aliphatic carbocycles. The molecule has 0 unspecified atom stereocenters. The van der Waals surface area contributed by atoms with E-state index < -0.39 is 79.3 Å². The first-order valence-electron chi connectivity index (χ1n) is 11.2. The summed E-state index contributed by atoms with van der Waals surface area (Å²) in [6, 6.07) is -4.89. The van der Waals surface area contributed by atoms with Gasteiger partial charge in [-0.05, 0) is 24.7 Å². The molecular formula is C21H37N5O9. The number of hydrogen-bond acceptors (Lipinski definition) is 8. The minimum atomic E-state index is -1.53. The van der Waals surface area contributed by atoms with Gasteiger partial charge in [0.05, 0.1) is 12.6 Å². The van der Waals surface area contributed by atoms with Crippen LogP contribution in [0.2, 0.25) is 0 Å². The van der Waals surface area contributed by atoms with Crippen LogP contribution in [0.3, 0.4) is 0 Å². The van der Waals surface area contributed by atoms with Crippen LogP contribution >= 0.6 is 0 Å². The predicted molar refractivity (Wildman–Crippen MR) is 123 cm³/mol. The van der Waals surface area contributed by atoms with Gasteiger partial charge in [0.25, 0.3) is 0 Å². The van der Waals surface area contributed by atoms with Crippen LogP contribution in [-0.2, 0) is 28.8 Å². The average Bonchev–Trinajstić information content (AvgIpc) is 2.76. The number of aliphatic hydroxyl groups excluding tert-OH is 1. The Balaban J connectivity index is 5.43. The third kappa shape index (κ3) is 12.7. The predicted octanol–water partition coefficient (Wildman–Crippen LogP) is -2.47. The molecule has 4 atom stereocenters. The number of nitrogens with one attached hydrogen (secondary N) is 4. The number of carbonyl (C=O) groups excluding carboxylic acids is 4. The zero-order chi connectivity index (χ0) is 27.3. The van der Waals surface area contributed by atoms with Crippen molar-refractivity contribution in [1.82, 2.24) is 21.3 Å². The van der Waals surface area contributed by atoms with E-state index in [4.69, 9.17) is 15.9 Å². The van der Waals surface area contributed by atoms with E-state index in [9.17, 15) is 33.9 Å². The maximum atomic E-state index is 12.8. The molecule has 9 N–H and O–H groups in total. The normalized spacial score (nSPS) is 14.4. The molecule has 14 heteroatoms. The molecule has 0 radical (unpaired) electrons. The van der Waals surface area contributed by atoms with Crippen molar-refractivity contribution in [3.63, 3.8) is 0 Å². The molecule has 0 aromatic heterocycles. The summed E-state index contributed by atoms with van der Waals surface area (Å²) >= 11 is 0. The van der Waals surface area contributed by atoms with Gasteiger partial charge in [0.2, 0.25) is 23.6 Å². The van der Waals surface area contributed by atoms with Crippen LogP contribution in [0.4, 0.5) is 0 Å². The number of hydrogen-bond donors (Lipinski definition) is 8. The number of aliphatic hydroxyl groups is 1. The Morgan fingerprint density at radius 3 is 1.71 bits per heavy atom. The van der Waals surface area contributed by atoms with Gasteiger partial charge in [0, 0.05) is 6.42 Å². The number of amides is 4.